The van der Waals surface area contributed by atoms with Gasteiger partial charge in [-0.3, -0.25) is 4.57 Å². The van der Waals surface area contributed by atoms with Crippen molar-refractivity contribution in [3.63, 3.8) is 0 Å². The number of hydrogen-bond donors (Lipinski definition) is 1. The molecule has 1 N–H and O–H groups in total. The number of nitrogens with zero attached hydrogens (tertiary/aromatic N) is 2. The molecule has 0 saturated carbocycles. The first kappa shape index (κ1) is 15.9. The standard InChI is InChI=1S/C14H15BrF3N3/c1-8(2)19-13-20-9(3)7-21(13)10-4-5-12(15)11(6-10)14(16,17)18/h4-8H,1-3H3,(H,19,20). The Morgan fingerprint density at radius 2 is 1.95 bits per heavy atom. The third kappa shape index (κ3) is 3.58. The Kier molecular flexibility index (Phi) is 4.32. The SMILES string of the molecule is Cc1cn(-c2ccc(Br)c(C(F)(F)F)c2)c(NC(C)C)n1. The Labute approximate surface area is 129 Å². The molecule has 0 radical (unpaired) electrons. The molecule has 114 valence electrons. The minimum absolute atomic E-state index is 0.0222. The molecule has 0 amide bonds. The van der Waals surface area contributed by atoms with E-state index in [9.17, 15) is 13.2 Å². The Bertz CT molecular complexity index is 647. The molecule has 1 heterocycles. The average Bonchev–Trinajstić information content (AvgIpc) is 2.68. The minimum atomic E-state index is -4.41. The van der Waals surface area contributed by atoms with Crippen molar-refractivity contribution in [2.24, 2.45) is 0 Å². The first-order valence-electron chi connectivity index (χ1n) is 6.38. The van der Waals surface area contributed by atoms with Gasteiger partial charge in [0.15, 0.2) is 0 Å². The summed E-state index contributed by atoms with van der Waals surface area (Å²) in [4.78, 5) is 4.30. The second-order valence-electron chi connectivity index (χ2n) is 5.04. The van der Waals surface area contributed by atoms with Gasteiger partial charge in [0.2, 0.25) is 5.95 Å². The highest BCUT2D eigenvalue weighted by Crippen LogP contribution is 2.36. The van der Waals surface area contributed by atoms with Crippen molar-refractivity contribution in [3.8, 4) is 5.69 Å². The molecule has 0 aliphatic rings. The largest absolute Gasteiger partial charge is 0.417 e. The summed E-state index contributed by atoms with van der Waals surface area (Å²) in [5, 5.41) is 3.12. The van der Waals surface area contributed by atoms with E-state index in [2.05, 4.69) is 26.2 Å². The van der Waals surface area contributed by atoms with Crippen LogP contribution in [-0.4, -0.2) is 15.6 Å². The third-order valence-corrected chi connectivity index (χ3v) is 3.47. The highest BCUT2D eigenvalue weighted by atomic mass is 79.9. The normalized spacial score (nSPS) is 12.0. The van der Waals surface area contributed by atoms with E-state index in [0.717, 1.165) is 11.8 Å². The van der Waals surface area contributed by atoms with Crippen LogP contribution < -0.4 is 5.32 Å². The molecule has 21 heavy (non-hydrogen) atoms. The van der Waals surface area contributed by atoms with Crippen molar-refractivity contribution in [2.75, 3.05) is 5.32 Å². The lowest BCUT2D eigenvalue weighted by molar-refractivity contribution is -0.138. The zero-order valence-electron chi connectivity index (χ0n) is 11.8. The molecule has 2 rings (SSSR count). The summed E-state index contributed by atoms with van der Waals surface area (Å²) < 4.78 is 40.6. The second-order valence-corrected chi connectivity index (χ2v) is 5.89. The second kappa shape index (κ2) is 5.71. The number of rotatable bonds is 3. The molecule has 0 spiro atoms. The van der Waals surface area contributed by atoms with Crippen LogP contribution in [0.4, 0.5) is 19.1 Å². The Morgan fingerprint density at radius 1 is 1.29 bits per heavy atom. The number of nitrogens with one attached hydrogen (secondary N) is 1. The Balaban J connectivity index is 2.52. The zero-order chi connectivity index (χ0) is 15.8. The van der Waals surface area contributed by atoms with Gasteiger partial charge in [0.1, 0.15) is 0 Å². The predicted molar refractivity (Wildman–Crippen MR) is 79.8 cm³/mol. The van der Waals surface area contributed by atoms with Crippen LogP contribution in [0.1, 0.15) is 25.1 Å². The molecule has 0 aliphatic heterocycles. The quantitative estimate of drug-likeness (QED) is 0.852. The fourth-order valence-corrected chi connectivity index (χ4v) is 2.41. The van der Waals surface area contributed by atoms with E-state index in [0.29, 0.717) is 11.6 Å². The van der Waals surface area contributed by atoms with Crippen LogP contribution in [0.3, 0.4) is 0 Å². The van der Waals surface area contributed by atoms with Gasteiger partial charge in [-0.2, -0.15) is 13.2 Å². The molecular formula is C14H15BrF3N3. The number of hydrogen-bond acceptors (Lipinski definition) is 2. The van der Waals surface area contributed by atoms with Gasteiger partial charge < -0.3 is 5.32 Å². The van der Waals surface area contributed by atoms with Crippen LogP contribution in [-0.2, 0) is 6.18 Å². The summed E-state index contributed by atoms with van der Waals surface area (Å²) in [6.45, 7) is 5.68. The summed E-state index contributed by atoms with van der Waals surface area (Å²) in [5.41, 5.74) is 0.436. The number of aryl methyl sites for hydroxylation is 1. The van der Waals surface area contributed by atoms with Crippen molar-refractivity contribution in [3.05, 3.63) is 40.1 Å². The highest BCUT2D eigenvalue weighted by Gasteiger charge is 2.33. The summed E-state index contributed by atoms with van der Waals surface area (Å²) in [6, 6.07) is 4.25. The van der Waals surface area contributed by atoms with Gasteiger partial charge in [-0.25, -0.2) is 4.98 Å². The molecule has 1 aromatic heterocycles. The fourth-order valence-electron chi connectivity index (χ4n) is 1.93. The van der Waals surface area contributed by atoms with Crippen LogP contribution in [0.25, 0.3) is 5.69 Å². The molecular weight excluding hydrogens is 347 g/mol. The zero-order valence-corrected chi connectivity index (χ0v) is 13.4. The highest BCUT2D eigenvalue weighted by molar-refractivity contribution is 9.10. The summed E-state index contributed by atoms with van der Waals surface area (Å²) >= 11 is 2.94. The summed E-state index contributed by atoms with van der Waals surface area (Å²) in [6.07, 6.45) is -2.70. The molecule has 3 nitrogen and oxygen atoms in total. The third-order valence-electron chi connectivity index (χ3n) is 2.78. The minimum Gasteiger partial charge on any atom is -0.353 e. The van der Waals surface area contributed by atoms with Gasteiger partial charge in [-0.1, -0.05) is 15.9 Å². The number of alkyl halides is 3. The first-order valence-corrected chi connectivity index (χ1v) is 7.17. The Hall–Kier alpha value is -1.50. The van der Waals surface area contributed by atoms with E-state index in [1.54, 1.807) is 23.8 Å². The maximum atomic E-state index is 13.0. The molecule has 1 aromatic carbocycles. The van der Waals surface area contributed by atoms with Crippen molar-refractivity contribution in [2.45, 2.75) is 33.0 Å². The molecule has 0 fully saturated rings. The first-order chi connectivity index (χ1) is 9.68. The van der Waals surface area contributed by atoms with Crippen LogP contribution in [0.2, 0.25) is 0 Å². The van der Waals surface area contributed by atoms with E-state index in [-0.39, 0.29) is 10.5 Å². The summed E-state index contributed by atoms with van der Waals surface area (Å²) in [5.74, 6) is 0.526. The molecule has 0 unspecified atom stereocenters. The van der Waals surface area contributed by atoms with E-state index >= 15 is 0 Å². The smallest absolute Gasteiger partial charge is 0.353 e. The lowest BCUT2D eigenvalue weighted by atomic mass is 10.2. The lowest BCUT2D eigenvalue weighted by Crippen LogP contribution is -2.14. The van der Waals surface area contributed by atoms with Gasteiger partial charge in [-0.05, 0) is 39.0 Å². The van der Waals surface area contributed by atoms with Crippen molar-refractivity contribution in [1.29, 1.82) is 0 Å². The van der Waals surface area contributed by atoms with Crippen LogP contribution >= 0.6 is 15.9 Å². The fraction of sp³-hybridized carbons (Fsp3) is 0.357. The van der Waals surface area contributed by atoms with Gasteiger partial charge in [0.05, 0.1) is 11.3 Å². The molecule has 0 aliphatic carbocycles. The van der Waals surface area contributed by atoms with Gasteiger partial charge in [0.25, 0.3) is 0 Å². The van der Waals surface area contributed by atoms with Gasteiger partial charge in [-0.15, -0.1) is 0 Å². The lowest BCUT2D eigenvalue weighted by Gasteiger charge is -2.15. The maximum Gasteiger partial charge on any atom is 0.417 e. The Morgan fingerprint density at radius 3 is 2.52 bits per heavy atom. The number of halogens is 4. The number of imidazole rings is 1. The van der Waals surface area contributed by atoms with Crippen LogP contribution in [0, 0.1) is 6.92 Å². The van der Waals surface area contributed by atoms with Crippen molar-refractivity contribution >= 4 is 21.9 Å². The number of anilines is 1. The number of aromatic nitrogens is 2. The number of benzene rings is 1. The monoisotopic (exact) mass is 361 g/mol. The van der Waals surface area contributed by atoms with E-state index in [1.165, 1.54) is 6.07 Å². The van der Waals surface area contributed by atoms with E-state index in [1.807, 2.05) is 13.8 Å². The van der Waals surface area contributed by atoms with Crippen molar-refractivity contribution < 1.29 is 13.2 Å². The van der Waals surface area contributed by atoms with Gasteiger partial charge in [0, 0.05) is 22.4 Å². The molecule has 2 aromatic rings. The summed E-state index contributed by atoms with van der Waals surface area (Å²) in [7, 11) is 0. The predicted octanol–water partition coefficient (Wildman–Crippen LogP) is 4.78. The topological polar surface area (TPSA) is 29.9 Å². The van der Waals surface area contributed by atoms with E-state index in [4.69, 9.17) is 0 Å². The molecule has 7 heteroatoms. The molecule has 0 atom stereocenters. The molecule has 0 saturated heterocycles. The van der Waals surface area contributed by atoms with Crippen molar-refractivity contribution in [1.82, 2.24) is 9.55 Å². The van der Waals surface area contributed by atoms with Crippen LogP contribution in [0.15, 0.2) is 28.9 Å². The molecule has 0 bridgehead atoms. The van der Waals surface area contributed by atoms with E-state index < -0.39 is 11.7 Å². The maximum absolute atomic E-state index is 13.0. The van der Waals surface area contributed by atoms with Gasteiger partial charge >= 0.3 is 6.18 Å². The van der Waals surface area contributed by atoms with Crippen LogP contribution in [0.5, 0.6) is 0 Å². The average molecular weight is 362 g/mol.